The minimum Gasteiger partial charge on any atom is -0.331 e. The van der Waals surface area contributed by atoms with Crippen molar-refractivity contribution in [2.45, 2.75) is 49.3 Å². The number of hydrogen-bond acceptors (Lipinski definition) is 4. The number of piperidine rings is 1. The highest BCUT2D eigenvalue weighted by molar-refractivity contribution is 7.98. The molecule has 2 amide bonds. The highest BCUT2D eigenvalue weighted by Crippen LogP contribution is 2.25. The van der Waals surface area contributed by atoms with Gasteiger partial charge >= 0.3 is 0 Å². The fraction of sp³-hybridized carbons (Fsp3) is 0.381. The number of carbonyl (C=O) groups excluding carboxylic acids is 2. The first-order valence-corrected chi connectivity index (χ1v) is 10.4. The van der Waals surface area contributed by atoms with Crippen LogP contribution >= 0.6 is 11.8 Å². The highest BCUT2D eigenvalue weighted by atomic mass is 32.2. The molecule has 1 N–H and O–H groups in total. The molecular weight excluding hydrogens is 358 g/mol. The number of anilines is 1. The molecular formula is C21H25N3O2S. The Morgan fingerprint density at radius 1 is 1.22 bits per heavy atom. The van der Waals surface area contributed by atoms with Gasteiger partial charge < -0.3 is 10.2 Å². The summed E-state index contributed by atoms with van der Waals surface area (Å²) in [7, 11) is 0. The zero-order chi connectivity index (χ0) is 19.1. The molecule has 1 aromatic heterocycles. The van der Waals surface area contributed by atoms with E-state index in [1.54, 1.807) is 22.9 Å². The highest BCUT2D eigenvalue weighted by Gasteiger charge is 2.31. The van der Waals surface area contributed by atoms with Gasteiger partial charge in [-0.2, -0.15) is 0 Å². The lowest BCUT2D eigenvalue weighted by atomic mass is 10.0. The van der Waals surface area contributed by atoms with Crippen molar-refractivity contribution in [1.29, 1.82) is 0 Å². The summed E-state index contributed by atoms with van der Waals surface area (Å²) in [6.07, 6.45) is 6.76. The molecule has 0 saturated carbocycles. The first kappa shape index (κ1) is 19.4. The van der Waals surface area contributed by atoms with E-state index in [1.165, 1.54) is 5.56 Å². The molecule has 2 aromatic rings. The SMILES string of the molecule is CCC(=O)N1CCCCC1C(=O)Nc1ccc(SCc2cccnc2)cc1. The van der Waals surface area contributed by atoms with Gasteiger partial charge in [0.2, 0.25) is 11.8 Å². The van der Waals surface area contributed by atoms with Crippen molar-refractivity contribution in [2.75, 3.05) is 11.9 Å². The maximum absolute atomic E-state index is 12.7. The molecule has 2 heterocycles. The Kier molecular flexibility index (Phi) is 6.87. The summed E-state index contributed by atoms with van der Waals surface area (Å²) in [6, 6.07) is 11.5. The molecule has 0 spiro atoms. The number of amides is 2. The molecule has 0 bridgehead atoms. The normalized spacial score (nSPS) is 16.8. The molecule has 1 saturated heterocycles. The van der Waals surface area contributed by atoms with Crippen LogP contribution in [-0.2, 0) is 15.3 Å². The zero-order valence-electron chi connectivity index (χ0n) is 15.6. The number of carbonyl (C=O) groups is 2. The van der Waals surface area contributed by atoms with Gasteiger partial charge in [-0.1, -0.05) is 13.0 Å². The molecule has 6 heteroatoms. The number of hydrogen-bond donors (Lipinski definition) is 1. The minimum absolute atomic E-state index is 0.0528. The van der Waals surface area contributed by atoms with E-state index in [0.29, 0.717) is 13.0 Å². The molecule has 1 atom stereocenters. The maximum atomic E-state index is 12.7. The lowest BCUT2D eigenvalue weighted by molar-refractivity contribution is -0.140. The van der Waals surface area contributed by atoms with Gasteiger partial charge in [0.05, 0.1) is 0 Å². The van der Waals surface area contributed by atoms with E-state index in [0.717, 1.165) is 35.6 Å². The van der Waals surface area contributed by atoms with E-state index in [2.05, 4.69) is 16.4 Å². The topological polar surface area (TPSA) is 62.3 Å². The molecule has 1 aliphatic rings. The molecule has 1 fully saturated rings. The van der Waals surface area contributed by atoms with Crippen LogP contribution < -0.4 is 5.32 Å². The molecule has 5 nitrogen and oxygen atoms in total. The molecule has 1 aliphatic heterocycles. The molecule has 142 valence electrons. The van der Waals surface area contributed by atoms with Gasteiger partial charge in [0, 0.05) is 41.7 Å². The second-order valence-electron chi connectivity index (χ2n) is 6.62. The van der Waals surface area contributed by atoms with Crippen molar-refractivity contribution in [1.82, 2.24) is 9.88 Å². The second kappa shape index (κ2) is 9.55. The lowest BCUT2D eigenvalue weighted by Crippen LogP contribution is -2.49. The van der Waals surface area contributed by atoms with Crippen LogP contribution in [0.3, 0.4) is 0 Å². The van der Waals surface area contributed by atoms with E-state index in [9.17, 15) is 9.59 Å². The standard InChI is InChI=1S/C21H25N3O2S/c1-2-20(25)24-13-4-3-7-19(24)21(26)23-17-8-10-18(11-9-17)27-15-16-6-5-12-22-14-16/h5-6,8-12,14,19H,2-4,7,13,15H2,1H3,(H,23,26). The van der Waals surface area contributed by atoms with Crippen molar-refractivity contribution in [3.8, 4) is 0 Å². The minimum atomic E-state index is -0.356. The Bertz CT molecular complexity index is 765. The average molecular weight is 384 g/mol. The van der Waals surface area contributed by atoms with Crippen molar-refractivity contribution in [3.05, 3.63) is 54.4 Å². The molecule has 0 aliphatic carbocycles. The van der Waals surface area contributed by atoms with E-state index < -0.39 is 0 Å². The Balaban J connectivity index is 1.57. The summed E-state index contributed by atoms with van der Waals surface area (Å²) >= 11 is 1.73. The van der Waals surface area contributed by atoms with E-state index >= 15 is 0 Å². The first-order chi connectivity index (χ1) is 13.2. The average Bonchev–Trinajstić information content (AvgIpc) is 2.73. The summed E-state index contributed by atoms with van der Waals surface area (Å²) in [5, 5.41) is 2.97. The molecule has 0 radical (unpaired) electrons. The smallest absolute Gasteiger partial charge is 0.247 e. The monoisotopic (exact) mass is 383 g/mol. The van der Waals surface area contributed by atoms with Crippen molar-refractivity contribution < 1.29 is 9.59 Å². The molecule has 27 heavy (non-hydrogen) atoms. The second-order valence-corrected chi connectivity index (χ2v) is 7.66. The number of likely N-dealkylation sites (tertiary alicyclic amines) is 1. The number of pyridine rings is 1. The van der Waals surface area contributed by atoms with Crippen LogP contribution in [-0.4, -0.2) is 34.3 Å². The van der Waals surface area contributed by atoms with Crippen molar-refractivity contribution >= 4 is 29.3 Å². The summed E-state index contributed by atoms with van der Waals surface area (Å²) in [5.74, 6) is 0.819. The fourth-order valence-corrected chi connectivity index (χ4v) is 4.05. The first-order valence-electron chi connectivity index (χ1n) is 9.39. The summed E-state index contributed by atoms with van der Waals surface area (Å²) in [5.41, 5.74) is 1.94. The van der Waals surface area contributed by atoms with Crippen LogP contribution in [0.25, 0.3) is 0 Å². The predicted molar refractivity (Wildman–Crippen MR) is 109 cm³/mol. The zero-order valence-corrected chi connectivity index (χ0v) is 16.4. The number of nitrogens with zero attached hydrogens (tertiary/aromatic N) is 2. The lowest BCUT2D eigenvalue weighted by Gasteiger charge is -2.34. The Morgan fingerprint density at radius 3 is 2.74 bits per heavy atom. The predicted octanol–water partition coefficient (Wildman–Crippen LogP) is 4.10. The Labute approximate surface area is 164 Å². The van der Waals surface area contributed by atoms with Crippen LogP contribution in [0.15, 0.2) is 53.7 Å². The number of benzene rings is 1. The van der Waals surface area contributed by atoms with E-state index in [1.807, 2.05) is 43.5 Å². The Hall–Kier alpha value is -2.34. The van der Waals surface area contributed by atoms with Crippen LogP contribution in [0, 0.1) is 0 Å². The third-order valence-corrected chi connectivity index (χ3v) is 5.76. The maximum Gasteiger partial charge on any atom is 0.247 e. The molecule has 1 aromatic carbocycles. The van der Waals surface area contributed by atoms with Gasteiger partial charge in [0.1, 0.15) is 6.04 Å². The number of aromatic nitrogens is 1. The van der Waals surface area contributed by atoms with Crippen molar-refractivity contribution in [3.63, 3.8) is 0 Å². The molecule has 3 rings (SSSR count). The van der Waals surface area contributed by atoms with Gasteiger partial charge in [0.25, 0.3) is 0 Å². The van der Waals surface area contributed by atoms with Gasteiger partial charge in [-0.3, -0.25) is 14.6 Å². The van der Waals surface area contributed by atoms with E-state index in [-0.39, 0.29) is 17.9 Å². The Morgan fingerprint density at radius 2 is 2.04 bits per heavy atom. The van der Waals surface area contributed by atoms with Crippen LogP contribution in [0.4, 0.5) is 5.69 Å². The van der Waals surface area contributed by atoms with Gasteiger partial charge in [-0.15, -0.1) is 11.8 Å². The summed E-state index contributed by atoms with van der Waals surface area (Å²) < 4.78 is 0. The van der Waals surface area contributed by atoms with Gasteiger partial charge in [-0.25, -0.2) is 0 Å². The van der Waals surface area contributed by atoms with Crippen LogP contribution in [0.1, 0.15) is 38.2 Å². The number of rotatable bonds is 6. The number of thioether (sulfide) groups is 1. The van der Waals surface area contributed by atoms with Gasteiger partial charge in [0.15, 0.2) is 0 Å². The van der Waals surface area contributed by atoms with Crippen molar-refractivity contribution in [2.24, 2.45) is 0 Å². The largest absolute Gasteiger partial charge is 0.331 e. The van der Waals surface area contributed by atoms with Gasteiger partial charge in [-0.05, 0) is 55.2 Å². The number of nitrogens with one attached hydrogen (secondary N) is 1. The summed E-state index contributed by atoms with van der Waals surface area (Å²) in [6.45, 7) is 2.52. The third kappa shape index (κ3) is 5.32. The van der Waals surface area contributed by atoms with Crippen LogP contribution in [0.2, 0.25) is 0 Å². The molecule has 1 unspecified atom stereocenters. The van der Waals surface area contributed by atoms with E-state index in [4.69, 9.17) is 0 Å². The third-order valence-electron chi connectivity index (χ3n) is 4.68. The van der Waals surface area contributed by atoms with Crippen LogP contribution in [0.5, 0.6) is 0 Å². The quantitative estimate of drug-likeness (QED) is 0.763. The fourth-order valence-electron chi connectivity index (χ4n) is 3.22. The summed E-state index contributed by atoms with van der Waals surface area (Å²) in [4.78, 5) is 31.8.